The number of unbranched alkanes of at least 4 members (excludes halogenated alkanes) is 5. The van der Waals surface area contributed by atoms with Crippen molar-refractivity contribution < 1.29 is 19.2 Å². The van der Waals surface area contributed by atoms with Crippen LogP contribution in [0.4, 0.5) is 4.79 Å². The van der Waals surface area contributed by atoms with Crippen LogP contribution < -0.4 is 43.4 Å². The zero-order valence-corrected chi connectivity index (χ0v) is 25.8. The van der Waals surface area contributed by atoms with Crippen LogP contribution >= 0.6 is 24.0 Å². The zero-order valence-electron chi connectivity index (χ0n) is 24.1. The first-order valence-corrected chi connectivity index (χ1v) is 16.5. The number of hydrogen-bond donors (Lipinski definition) is 8. The van der Waals surface area contributed by atoms with Crippen LogP contribution in [0.15, 0.2) is 0 Å². The lowest BCUT2D eigenvalue weighted by atomic mass is 10.0. The number of carbonyl (C=O) groups excluding carboxylic acids is 4. The number of fused-ring (bicyclic) bond motifs is 1. The van der Waals surface area contributed by atoms with Gasteiger partial charge in [-0.1, -0.05) is 12.8 Å². The van der Waals surface area contributed by atoms with Crippen molar-refractivity contribution in [3.05, 3.63) is 0 Å². The Hall–Kier alpha value is -2.32. The van der Waals surface area contributed by atoms with E-state index in [0.717, 1.165) is 63.5 Å². The molecule has 2 aliphatic rings. The van der Waals surface area contributed by atoms with Gasteiger partial charge in [0, 0.05) is 50.0 Å². The molecule has 2 heterocycles. The second-order valence-corrected chi connectivity index (χ2v) is 12.5. The van der Waals surface area contributed by atoms with Crippen LogP contribution in [0, 0.1) is 0 Å². The third-order valence-corrected chi connectivity index (χ3v) is 8.94. The van der Waals surface area contributed by atoms with E-state index in [2.05, 4.69) is 31.9 Å². The average molecular weight is 615 g/mol. The van der Waals surface area contributed by atoms with Crippen LogP contribution in [-0.4, -0.2) is 84.2 Å². The van der Waals surface area contributed by atoms with E-state index in [1.165, 1.54) is 0 Å². The fourth-order valence-corrected chi connectivity index (χ4v) is 6.57. The molecule has 0 bridgehead atoms. The molecule has 5 amide bonds. The van der Waals surface area contributed by atoms with Crippen molar-refractivity contribution in [3.63, 3.8) is 0 Å². The summed E-state index contributed by atoms with van der Waals surface area (Å²) in [4.78, 5) is 47.5. The molecule has 2 rings (SSSR count). The molecule has 12 nitrogen and oxygen atoms in total. The topological polar surface area (TPSA) is 192 Å². The highest BCUT2D eigenvalue weighted by atomic mass is 32.2. The molecule has 234 valence electrons. The molecule has 2 aliphatic heterocycles. The fourth-order valence-electron chi connectivity index (χ4n) is 4.93. The molecule has 10 N–H and O–H groups in total. The molecule has 0 aromatic heterocycles. The molecular formula is C27H50N8O4S2. The van der Waals surface area contributed by atoms with Crippen LogP contribution in [0.2, 0.25) is 0 Å². The molecule has 0 aromatic carbocycles. The largest absolute Gasteiger partial charge is 0.376 e. The van der Waals surface area contributed by atoms with Crippen LogP contribution in [0.3, 0.4) is 0 Å². The number of urea groups is 1. The van der Waals surface area contributed by atoms with Gasteiger partial charge in [-0.15, -0.1) is 0 Å². The van der Waals surface area contributed by atoms with Gasteiger partial charge < -0.3 is 43.4 Å². The van der Waals surface area contributed by atoms with Gasteiger partial charge in [0.15, 0.2) is 5.11 Å². The quantitative estimate of drug-likeness (QED) is 0.0493. The van der Waals surface area contributed by atoms with Gasteiger partial charge in [-0.2, -0.15) is 11.8 Å². The first-order valence-electron chi connectivity index (χ1n) is 15.0. The SMILES string of the molecule is NC(=S)NCCC[C@H](N)C(=O)NCCCCCNC(=O)CCCCCNC(=O)CCCC[C@@H]1SCC2NC(=O)NC21. The summed E-state index contributed by atoms with van der Waals surface area (Å²) >= 11 is 6.63. The Balaban J connectivity index is 1.32. The summed E-state index contributed by atoms with van der Waals surface area (Å²) in [7, 11) is 0. The molecule has 4 atom stereocenters. The summed E-state index contributed by atoms with van der Waals surface area (Å²) in [5.41, 5.74) is 11.2. The molecule has 0 aromatic rings. The Labute approximate surface area is 253 Å². The second-order valence-electron chi connectivity index (χ2n) is 10.8. The van der Waals surface area contributed by atoms with E-state index in [9.17, 15) is 19.2 Å². The minimum atomic E-state index is -0.541. The molecule has 2 fully saturated rings. The average Bonchev–Trinajstić information content (AvgIpc) is 3.49. The van der Waals surface area contributed by atoms with Crippen molar-refractivity contribution in [1.29, 1.82) is 0 Å². The number of carbonyl (C=O) groups is 4. The Morgan fingerprint density at radius 2 is 1.41 bits per heavy atom. The van der Waals surface area contributed by atoms with E-state index in [4.69, 9.17) is 23.7 Å². The second kappa shape index (κ2) is 20.5. The molecule has 0 aliphatic carbocycles. The van der Waals surface area contributed by atoms with Crippen molar-refractivity contribution in [2.45, 2.75) is 107 Å². The monoisotopic (exact) mass is 614 g/mol. The van der Waals surface area contributed by atoms with Gasteiger partial charge in [-0.05, 0) is 70.0 Å². The van der Waals surface area contributed by atoms with E-state index in [1.54, 1.807) is 0 Å². The molecule has 2 saturated heterocycles. The van der Waals surface area contributed by atoms with Gasteiger partial charge in [-0.25, -0.2) is 4.79 Å². The normalized spacial score (nSPS) is 19.9. The highest BCUT2D eigenvalue weighted by Gasteiger charge is 2.42. The van der Waals surface area contributed by atoms with Gasteiger partial charge in [0.1, 0.15) is 0 Å². The number of amides is 5. The number of thiocarbonyl (C=S) groups is 1. The van der Waals surface area contributed by atoms with Crippen LogP contribution in [-0.2, 0) is 14.4 Å². The first kappa shape index (κ1) is 34.9. The minimum absolute atomic E-state index is 0.0536. The molecule has 0 saturated carbocycles. The summed E-state index contributed by atoms with van der Waals surface area (Å²) in [6, 6.07) is -0.131. The zero-order chi connectivity index (χ0) is 29.9. The lowest BCUT2D eigenvalue weighted by molar-refractivity contribution is -0.122. The van der Waals surface area contributed by atoms with Crippen molar-refractivity contribution in [2.24, 2.45) is 11.5 Å². The minimum Gasteiger partial charge on any atom is -0.376 e. The predicted molar refractivity (Wildman–Crippen MR) is 167 cm³/mol. The van der Waals surface area contributed by atoms with E-state index < -0.39 is 6.04 Å². The highest BCUT2D eigenvalue weighted by molar-refractivity contribution is 8.00. The first-order chi connectivity index (χ1) is 19.8. The Morgan fingerprint density at radius 3 is 2.07 bits per heavy atom. The standard InChI is InChI=1S/C27H50N8O4S2/c28-19(10-9-17-33-26(29)40)25(38)32-16-8-2-7-15-31-22(36)12-3-1-6-14-30-23(37)13-5-4-11-21-24-20(18-41-21)34-27(39)35-24/h19-21,24H,1-18,28H2,(H,30,37)(H,31,36)(H,32,38)(H3,29,33,40)(H2,34,35,39)/t19-,20?,21-,24?/m0/s1. The number of nitrogens with one attached hydrogen (secondary N) is 6. The summed E-state index contributed by atoms with van der Waals surface area (Å²) in [5.74, 6) is 0.944. The molecule has 2 unspecified atom stereocenters. The highest BCUT2D eigenvalue weighted by Crippen LogP contribution is 2.33. The molecule has 0 spiro atoms. The van der Waals surface area contributed by atoms with Crippen molar-refractivity contribution >= 4 is 52.8 Å². The summed E-state index contributed by atoms with van der Waals surface area (Å²) < 4.78 is 0. The summed E-state index contributed by atoms with van der Waals surface area (Å²) in [6.07, 6.45) is 10.3. The van der Waals surface area contributed by atoms with Crippen molar-refractivity contribution in [2.75, 3.05) is 31.9 Å². The fraction of sp³-hybridized carbons (Fsp3) is 0.815. The maximum Gasteiger partial charge on any atom is 0.315 e. The molecule has 0 radical (unpaired) electrons. The van der Waals surface area contributed by atoms with E-state index in [-0.39, 0.29) is 40.9 Å². The van der Waals surface area contributed by atoms with Crippen LogP contribution in [0.25, 0.3) is 0 Å². The van der Waals surface area contributed by atoms with Gasteiger partial charge in [0.25, 0.3) is 0 Å². The van der Waals surface area contributed by atoms with Gasteiger partial charge in [0.2, 0.25) is 17.7 Å². The smallest absolute Gasteiger partial charge is 0.315 e. The maximum absolute atomic E-state index is 12.1. The van der Waals surface area contributed by atoms with Crippen LogP contribution in [0.5, 0.6) is 0 Å². The van der Waals surface area contributed by atoms with Crippen molar-refractivity contribution in [3.8, 4) is 0 Å². The summed E-state index contributed by atoms with van der Waals surface area (Å²) in [5, 5.41) is 18.2. The molecular weight excluding hydrogens is 564 g/mol. The lowest BCUT2D eigenvalue weighted by Crippen LogP contribution is -2.41. The van der Waals surface area contributed by atoms with E-state index in [0.29, 0.717) is 57.1 Å². The van der Waals surface area contributed by atoms with E-state index in [1.807, 2.05) is 11.8 Å². The predicted octanol–water partition coefficient (Wildman–Crippen LogP) is 0.732. The van der Waals surface area contributed by atoms with Gasteiger partial charge in [-0.3, -0.25) is 14.4 Å². The van der Waals surface area contributed by atoms with E-state index >= 15 is 0 Å². The third-order valence-electron chi connectivity index (χ3n) is 7.29. The number of thioether (sulfide) groups is 1. The lowest BCUT2D eigenvalue weighted by Gasteiger charge is -2.16. The summed E-state index contributed by atoms with van der Waals surface area (Å²) in [6.45, 7) is 2.44. The number of hydrogen-bond acceptors (Lipinski definition) is 7. The Morgan fingerprint density at radius 1 is 0.829 bits per heavy atom. The molecule has 14 heteroatoms. The Kier molecular flexibility index (Phi) is 17.5. The van der Waals surface area contributed by atoms with Gasteiger partial charge >= 0.3 is 6.03 Å². The number of rotatable bonds is 22. The third kappa shape index (κ3) is 15.5. The van der Waals surface area contributed by atoms with Crippen molar-refractivity contribution in [1.82, 2.24) is 31.9 Å². The number of nitrogens with two attached hydrogens (primary N) is 2. The Bertz CT molecular complexity index is 850. The maximum atomic E-state index is 12.1. The molecule has 41 heavy (non-hydrogen) atoms. The van der Waals surface area contributed by atoms with Gasteiger partial charge in [0.05, 0.1) is 18.1 Å². The van der Waals surface area contributed by atoms with Crippen LogP contribution in [0.1, 0.15) is 83.5 Å².